The van der Waals surface area contributed by atoms with Crippen LogP contribution in [0.2, 0.25) is 0 Å². The second kappa shape index (κ2) is 10.9. The molecule has 1 unspecified atom stereocenters. The van der Waals surface area contributed by atoms with E-state index in [1.807, 2.05) is 0 Å². The van der Waals surface area contributed by atoms with Gasteiger partial charge in [0, 0.05) is 6.42 Å². The first-order chi connectivity index (χ1) is 10.6. The lowest BCUT2D eigenvalue weighted by molar-refractivity contribution is -0.234. The predicted octanol–water partition coefficient (Wildman–Crippen LogP) is 1.66. The van der Waals surface area contributed by atoms with Gasteiger partial charge >= 0.3 is 5.97 Å². The number of hydrogen-bond acceptors (Lipinski definition) is 7. The Bertz CT molecular complexity index is 539. The van der Waals surface area contributed by atoms with Gasteiger partial charge in [-0.05, 0) is 12.8 Å². The Kier molecular flexibility index (Phi) is 10.6. The van der Waals surface area contributed by atoms with Crippen molar-refractivity contribution in [3.63, 3.8) is 0 Å². The second-order valence-corrected chi connectivity index (χ2v) is 8.56. The minimum Gasteiger partial charge on any atom is -0.301 e. The first-order valence-corrected chi connectivity index (χ1v) is 10.4. The highest BCUT2D eigenvalue weighted by Gasteiger charge is 2.27. The van der Waals surface area contributed by atoms with E-state index in [0.717, 1.165) is 25.7 Å². The first-order valence-electron chi connectivity index (χ1n) is 7.32. The van der Waals surface area contributed by atoms with E-state index in [0.29, 0.717) is 19.3 Å². The fourth-order valence-corrected chi connectivity index (χ4v) is 4.43. The highest BCUT2D eigenvalue weighted by atomic mass is 32.2. The van der Waals surface area contributed by atoms with E-state index in [-0.39, 0.29) is 12.8 Å². The Morgan fingerprint density at radius 3 is 1.78 bits per heavy atom. The molecule has 0 saturated carbocycles. The van der Waals surface area contributed by atoms with Crippen LogP contribution in [-0.2, 0) is 29.9 Å². The molecule has 0 aliphatic heterocycles. The molecule has 0 fully saturated rings. The maximum absolute atomic E-state index is 11.1. The molecule has 0 bridgehead atoms. The van der Waals surface area contributed by atoms with Crippen molar-refractivity contribution in [3.8, 4) is 0 Å². The largest absolute Gasteiger partial charge is 0.342 e. The van der Waals surface area contributed by atoms with Gasteiger partial charge in [0.2, 0.25) is 0 Å². The molecule has 23 heavy (non-hydrogen) atoms. The van der Waals surface area contributed by atoms with Gasteiger partial charge in [-0.1, -0.05) is 38.5 Å². The molecule has 0 aromatic rings. The van der Waals surface area contributed by atoms with Crippen LogP contribution in [-0.4, -0.2) is 48.2 Å². The summed E-state index contributed by atoms with van der Waals surface area (Å²) in [7, 11) is -8.99. The molecule has 1 atom stereocenters. The van der Waals surface area contributed by atoms with E-state index < -0.39 is 37.2 Å². The quantitative estimate of drug-likeness (QED) is 0.188. The molecule has 0 spiro atoms. The molecule has 3 N–H and O–H groups in total. The monoisotopic (exact) mass is 376 g/mol. The average Bonchev–Trinajstić information content (AvgIpc) is 2.41. The molecule has 0 aliphatic carbocycles. The molecule has 0 heterocycles. The third kappa shape index (κ3) is 13.4. The fraction of sp³-hybridized carbons (Fsp3) is 0.917. The van der Waals surface area contributed by atoms with Gasteiger partial charge in [0.1, 0.15) is 5.25 Å². The van der Waals surface area contributed by atoms with Gasteiger partial charge in [0.25, 0.3) is 20.2 Å². The summed E-state index contributed by atoms with van der Waals surface area (Å²) >= 11 is 0. The average molecular weight is 376 g/mol. The lowest BCUT2D eigenvalue weighted by atomic mass is 10.1. The van der Waals surface area contributed by atoms with Gasteiger partial charge in [0.05, 0.1) is 5.75 Å². The van der Waals surface area contributed by atoms with Gasteiger partial charge in [-0.15, -0.1) is 0 Å². The summed E-state index contributed by atoms with van der Waals surface area (Å²) in [4.78, 5) is 14.2. The van der Waals surface area contributed by atoms with Crippen molar-refractivity contribution in [3.05, 3.63) is 0 Å². The van der Waals surface area contributed by atoms with E-state index >= 15 is 0 Å². The van der Waals surface area contributed by atoms with Crippen LogP contribution in [0.4, 0.5) is 0 Å². The minimum atomic E-state index is -4.52. The number of carbonyl (C=O) groups excluding carboxylic acids is 1. The molecule has 0 amide bonds. The summed E-state index contributed by atoms with van der Waals surface area (Å²) in [5, 5.41) is 6.53. The summed E-state index contributed by atoms with van der Waals surface area (Å²) in [5.41, 5.74) is 0. The lowest BCUT2D eigenvalue weighted by Gasteiger charge is -2.11. The van der Waals surface area contributed by atoms with E-state index in [4.69, 9.17) is 14.4 Å². The summed E-state index contributed by atoms with van der Waals surface area (Å²) in [6.45, 7) is 0. The molecule has 0 rings (SSSR count). The van der Waals surface area contributed by atoms with Crippen LogP contribution in [0, 0.1) is 0 Å². The summed E-state index contributed by atoms with van der Waals surface area (Å²) in [6, 6.07) is 0. The zero-order valence-corrected chi connectivity index (χ0v) is 14.4. The summed E-state index contributed by atoms with van der Waals surface area (Å²) in [5.74, 6) is -1.67. The summed E-state index contributed by atoms with van der Waals surface area (Å²) in [6.07, 6.45) is 5.13. The third-order valence-corrected chi connectivity index (χ3v) is 5.61. The molecule has 0 aromatic carbocycles. The van der Waals surface area contributed by atoms with E-state index in [1.165, 1.54) is 0 Å². The second-order valence-electron chi connectivity index (χ2n) is 5.36. The normalized spacial score (nSPS) is 13.7. The van der Waals surface area contributed by atoms with Crippen molar-refractivity contribution in [2.45, 2.75) is 63.0 Å². The first kappa shape index (κ1) is 22.2. The van der Waals surface area contributed by atoms with Crippen LogP contribution in [0.25, 0.3) is 0 Å². The maximum atomic E-state index is 11.1. The van der Waals surface area contributed by atoms with Gasteiger partial charge < -0.3 is 4.89 Å². The SMILES string of the molecule is O=C(CCCCCCCCCC(CS(=O)(=O)O)S(=O)(=O)O)OO. The standard InChI is InChI=1S/C12H24O9S2/c13-12(21-14)9-7-5-3-1-2-4-6-8-11(23(18,19)20)10-22(15,16)17/h11,14H,1-10H2,(H,15,16,17)(H,18,19,20). The number of unbranched alkanes of at least 4 members (excludes halogenated alkanes) is 6. The molecule has 11 heteroatoms. The smallest absolute Gasteiger partial charge is 0.301 e. The Morgan fingerprint density at radius 2 is 1.35 bits per heavy atom. The topological polar surface area (TPSA) is 155 Å². The van der Waals surface area contributed by atoms with Gasteiger partial charge in [-0.25, -0.2) is 4.79 Å². The maximum Gasteiger partial charge on any atom is 0.342 e. The zero-order valence-electron chi connectivity index (χ0n) is 12.8. The molecular weight excluding hydrogens is 352 g/mol. The van der Waals surface area contributed by atoms with Gasteiger partial charge in [-0.3, -0.25) is 9.11 Å². The lowest BCUT2D eigenvalue weighted by Crippen LogP contribution is -2.29. The molecule has 138 valence electrons. The van der Waals surface area contributed by atoms with Crippen LogP contribution in [0.5, 0.6) is 0 Å². The molecule has 0 radical (unpaired) electrons. The Hall–Kier alpha value is -0.750. The molecule has 0 aromatic heterocycles. The van der Waals surface area contributed by atoms with E-state index in [1.54, 1.807) is 0 Å². The van der Waals surface area contributed by atoms with Crippen molar-refractivity contribution < 1.29 is 40.9 Å². The zero-order chi connectivity index (χ0) is 17.9. The van der Waals surface area contributed by atoms with Crippen molar-refractivity contribution in [2.24, 2.45) is 0 Å². The third-order valence-electron chi connectivity index (χ3n) is 3.33. The fourth-order valence-electron chi connectivity index (χ4n) is 2.12. The molecule has 9 nitrogen and oxygen atoms in total. The van der Waals surface area contributed by atoms with E-state index in [9.17, 15) is 21.6 Å². The molecule has 0 aliphatic rings. The molecular formula is C12H24O9S2. The van der Waals surface area contributed by atoms with Crippen LogP contribution >= 0.6 is 0 Å². The van der Waals surface area contributed by atoms with Crippen molar-refractivity contribution in [1.29, 1.82) is 0 Å². The summed E-state index contributed by atoms with van der Waals surface area (Å²) < 4.78 is 61.2. The van der Waals surface area contributed by atoms with Crippen molar-refractivity contribution >= 4 is 26.2 Å². The van der Waals surface area contributed by atoms with Crippen molar-refractivity contribution in [1.82, 2.24) is 0 Å². The Balaban J connectivity index is 3.81. The Morgan fingerprint density at radius 1 is 0.870 bits per heavy atom. The van der Waals surface area contributed by atoms with Crippen LogP contribution in [0.15, 0.2) is 0 Å². The Labute approximate surface area is 136 Å². The van der Waals surface area contributed by atoms with Crippen molar-refractivity contribution in [2.75, 3.05) is 5.75 Å². The number of carbonyl (C=O) groups is 1. The van der Waals surface area contributed by atoms with Gasteiger partial charge in [-0.2, -0.15) is 22.1 Å². The highest BCUT2D eigenvalue weighted by Crippen LogP contribution is 2.15. The van der Waals surface area contributed by atoms with Crippen LogP contribution in [0.1, 0.15) is 57.8 Å². The van der Waals surface area contributed by atoms with E-state index in [2.05, 4.69) is 4.89 Å². The highest BCUT2D eigenvalue weighted by molar-refractivity contribution is 7.90. The number of rotatable bonds is 13. The number of hydrogen-bond donors (Lipinski definition) is 3. The van der Waals surface area contributed by atoms with Gasteiger partial charge in [0.15, 0.2) is 0 Å². The van der Waals surface area contributed by atoms with Crippen LogP contribution < -0.4 is 0 Å². The van der Waals surface area contributed by atoms with Crippen LogP contribution in [0.3, 0.4) is 0 Å². The minimum absolute atomic E-state index is 0.0407. The molecule has 0 saturated heterocycles. The predicted molar refractivity (Wildman–Crippen MR) is 82.0 cm³/mol.